The smallest absolute Gasteiger partial charge is 0.271 e. The zero-order chi connectivity index (χ0) is 16.7. The first-order valence-corrected chi connectivity index (χ1v) is 8.83. The number of likely N-dealkylation sites (tertiary alicyclic amines) is 1. The van der Waals surface area contributed by atoms with Crippen molar-refractivity contribution in [3.8, 4) is 0 Å². The number of amides is 1. The van der Waals surface area contributed by atoms with E-state index < -0.39 is 0 Å². The molecule has 0 unspecified atom stereocenters. The minimum Gasteiger partial charge on any atom is -0.375 e. The van der Waals surface area contributed by atoms with Crippen molar-refractivity contribution in [3.63, 3.8) is 0 Å². The van der Waals surface area contributed by atoms with Crippen molar-refractivity contribution in [1.82, 2.24) is 20.0 Å². The van der Waals surface area contributed by atoms with Crippen molar-refractivity contribution >= 4 is 11.7 Å². The highest BCUT2D eigenvalue weighted by atomic mass is 16.5. The standard InChI is InChI=1S/C17H24N4O3/c1-11(22)13-8-14(19-18-13)17(23)21-5-4-16-15(10-21)20(6-7-24-16)9-12-2-3-12/h8,12,15-16H,2-7,9-10H2,1H3,(H,18,19)/t15-,16-/m0/s1. The molecule has 1 amide bonds. The molecule has 4 rings (SSSR count). The average Bonchev–Trinajstić information content (AvgIpc) is 3.25. The highest BCUT2D eigenvalue weighted by Gasteiger charge is 2.40. The molecule has 0 spiro atoms. The van der Waals surface area contributed by atoms with Crippen LogP contribution >= 0.6 is 0 Å². The van der Waals surface area contributed by atoms with Crippen LogP contribution in [0, 0.1) is 5.92 Å². The summed E-state index contributed by atoms with van der Waals surface area (Å²) in [5.41, 5.74) is 0.703. The summed E-state index contributed by atoms with van der Waals surface area (Å²) in [6.45, 7) is 5.70. The van der Waals surface area contributed by atoms with E-state index in [4.69, 9.17) is 4.74 Å². The van der Waals surface area contributed by atoms with Crippen LogP contribution in [0.25, 0.3) is 0 Å². The zero-order valence-corrected chi connectivity index (χ0v) is 14.0. The van der Waals surface area contributed by atoms with E-state index in [1.807, 2.05) is 4.90 Å². The molecule has 0 aromatic carbocycles. The third-order valence-electron chi connectivity index (χ3n) is 5.35. The molecule has 3 fully saturated rings. The summed E-state index contributed by atoms with van der Waals surface area (Å²) >= 11 is 0. The summed E-state index contributed by atoms with van der Waals surface area (Å²) in [6, 6.07) is 1.84. The van der Waals surface area contributed by atoms with Crippen molar-refractivity contribution in [3.05, 3.63) is 17.5 Å². The fourth-order valence-corrected chi connectivity index (χ4v) is 3.77. The summed E-state index contributed by atoms with van der Waals surface area (Å²) in [5, 5.41) is 6.62. The van der Waals surface area contributed by atoms with Gasteiger partial charge < -0.3 is 9.64 Å². The van der Waals surface area contributed by atoms with E-state index in [0.717, 1.165) is 32.0 Å². The lowest BCUT2D eigenvalue weighted by molar-refractivity contribution is -0.0989. The van der Waals surface area contributed by atoms with E-state index >= 15 is 0 Å². The van der Waals surface area contributed by atoms with Gasteiger partial charge in [-0.15, -0.1) is 0 Å². The number of Topliss-reactive ketones (excluding diaryl/α,β-unsaturated/α-hetero) is 1. The summed E-state index contributed by atoms with van der Waals surface area (Å²) in [5.74, 6) is 0.617. The molecule has 1 aromatic rings. The van der Waals surface area contributed by atoms with Gasteiger partial charge in [0.25, 0.3) is 5.91 Å². The highest BCUT2D eigenvalue weighted by molar-refractivity contribution is 5.97. The van der Waals surface area contributed by atoms with Gasteiger partial charge in [0.2, 0.25) is 0 Å². The minimum absolute atomic E-state index is 0.0783. The van der Waals surface area contributed by atoms with E-state index in [2.05, 4.69) is 15.1 Å². The summed E-state index contributed by atoms with van der Waals surface area (Å²) in [6.07, 6.45) is 3.76. The minimum atomic E-state index is -0.139. The average molecular weight is 332 g/mol. The Labute approximate surface area is 141 Å². The quantitative estimate of drug-likeness (QED) is 0.830. The van der Waals surface area contributed by atoms with Gasteiger partial charge in [-0.25, -0.2) is 0 Å². The van der Waals surface area contributed by atoms with E-state index in [0.29, 0.717) is 24.5 Å². The second kappa shape index (κ2) is 6.29. The molecule has 1 N–H and O–H groups in total. The van der Waals surface area contributed by atoms with Crippen molar-refractivity contribution in [2.45, 2.75) is 38.3 Å². The van der Waals surface area contributed by atoms with Crippen LogP contribution in [0.4, 0.5) is 0 Å². The van der Waals surface area contributed by atoms with Gasteiger partial charge in [-0.1, -0.05) is 0 Å². The number of hydrogen-bond acceptors (Lipinski definition) is 5. The molecule has 1 saturated carbocycles. The lowest BCUT2D eigenvalue weighted by Crippen LogP contribution is -2.61. The van der Waals surface area contributed by atoms with Crippen LogP contribution in [-0.2, 0) is 4.74 Å². The van der Waals surface area contributed by atoms with Gasteiger partial charge in [-0.3, -0.25) is 19.6 Å². The van der Waals surface area contributed by atoms with Crippen LogP contribution in [0.3, 0.4) is 0 Å². The molecule has 3 heterocycles. The number of aromatic nitrogens is 2. The third kappa shape index (κ3) is 3.10. The van der Waals surface area contributed by atoms with Gasteiger partial charge in [-0.05, 0) is 31.2 Å². The number of piperidine rings is 1. The lowest BCUT2D eigenvalue weighted by atomic mass is 9.98. The molecule has 0 bridgehead atoms. The van der Waals surface area contributed by atoms with Crippen LogP contribution in [0.1, 0.15) is 47.2 Å². The first-order valence-electron chi connectivity index (χ1n) is 8.83. The van der Waals surface area contributed by atoms with Gasteiger partial charge >= 0.3 is 0 Å². The summed E-state index contributed by atoms with van der Waals surface area (Å²) < 4.78 is 5.94. The third-order valence-corrected chi connectivity index (χ3v) is 5.35. The van der Waals surface area contributed by atoms with Crippen molar-refractivity contribution in [2.75, 3.05) is 32.8 Å². The Morgan fingerprint density at radius 2 is 2.17 bits per heavy atom. The molecule has 2 aliphatic heterocycles. The lowest BCUT2D eigenvalue weighted by Gasteiger charge is -2.47. The Bertz CT molecular complexity index is 640. The maximum atomic E-state index is 12.7. The fourth-order valence-electron chi connectivity index (χ4n) is 3.77. The number of ether oxygens (including phenoxy) is 1. The molecule has 0 radical (unpaired) electrons. The largest absolute Gasteiger partial charge is 0.375 e. The second-order valence-electron chi connectivity index (χ2n) is 7.18. The summed E-state index contributed by atoms with van der Waals surface area (Å²) in [7, 11) is 0. The number of morpholine rings is 1. The Kier molecular flexibility index (Phi) is 4.14. The van der Waals surface area contributed by atoms with Crippen LogP contribution in [0.15, 0.2) is 6.07 Å². The van der Waals surface area contributed by atoms with Gasteiger partial charge in [0.15, 0.2) is 5.78 Å². The van der Waals surface area contributed by atoms with Gasteiger partial charge in [0, 0.05) is 33.1 Å². The first-order chi connectivity index (χ1) is 11.6. The predicted molar refractivity (Wildman–Crippen MR) is 86.9 cm³/mol. The van der Waals surface area contributed by atoms with Crippen LogP contribution < -0.4 is 0 Å². The van der Waals surface area contributed by atoms with Crippen molar-refractivity contribution in [2.24, 2.45) is 5.92 Å². The number of hydrogen-bond donors (Lipinski definition) is 1. The van der Waals surface area contributed by atoms with Crippen molar-refractivity contribution < 1.29 is 14.3 Å². The SMILES string of the molecule is CC(=O)c1cc(C(=O)N2CC[C@@H]3OCCN(CC4CC4)[C@H]3C2)[nH]n1. The number of fused-ring (bicyclic) bond motifs is 1. The number of rotatable bonds is 4. The molecular weight excluding hydrogens is 308 g/mol. The van der Waals surface area contributed by atoms with E-state index in [1.54, 1.807) is 6.07 Å². The van der Waals surface area contributed by atoms with Crippen LogP contribution in [-0.4, -0.2) is 76.6 Å². The highest BCUT2D eigenvalue weighted by Crippen LogP contribution is 2.33. The maximum Gasteiger partial charge on any atom is 0.271 e. The molecule has 7 heteroatoms. The predicted octanol–water partition coefficient (Wildman–Crippen LogP) is 0.938. The normalized spacial score (nSPS) is 27.8. The van der Waals surface area contributed by atoms with E-state index in [9.17, 15) is 9.59 Å². The number of nitrogens with one attached hydrogen (secondary N) is 1. The number of aromatic amines is 1. The molecule has 2 saturated heterocycles. The topological polar surface area (TPSA) is 78.5 Å². The molecule has 24 heavy (non-hydrogen) atoms. The Balaban J connectivity index is 1.45. The Morgan fingerprint density at radius 3 is 2.88 bits per heavy atom. The summed E-state index contributed by atoms with van der Waals surface area (Å²) in [4.78, 5) is 28.5. The first kappa shape index (κ1) is 15.8. The van der Waals surface area contributed by atoms with Gasteiger partial charge in [0.1, 0.15) is 11.4 Å². The Morgan fingerprint density at radius 1 is 1.33 bits per heavy atom. The molecule has 7 nitrogen and oxygen atoms in total. The molecule has 1 aliphatic carbocycles. The molecule has 2 atom stereocenters. The van der Waals surface area contributed by atoms with Gasteiger partial charge in [0.05, 0.1) is 18.8 Å². The van der Waals surface area contributed by atoms with Crippen LogP contribution in [0.2, 0.25) is 0 Å². The molecular formula is C17H24N4O3. The Hall–Kier alpha value is -1.73. The molecule has 130 valence electrons. The number of H-pyrrole nitrogens is 1. The molecule has 1 aromatic heterocycles. The monoisotopic (exact) mass is 332 g/mol. The van der Waals surface area contributed by atoms with Crippen LogP contribution in [0.5, 0.6) is 0 Å². The number of ketones is 1. The molecule has 3 aliphatic rings. The zero-order valence-electron chi connectivity index (χ0n) is 14.0. The fraction of sp³-hybridized carbons (Fsp3) is 0.706. The van der Waals surface area contributed by atoms with Gasteiger partial charge in [-0.2, -0.15) is 5.10 Å². The number of nitrogens with zero attached hydrogens (tertiary/aromatic N) is 3. The van der Waals surface area contributed by atoms with E-state index in [1.165, 1.54) is 19.8 Å². The maximum absolute atomic E-state index is 12.7. The number of carbonyl (C=O) groups excluding carboxylic acids is 2. The number of carbonyl (C=O) groups is 2. The van der Waals surface area contributed by atoms with E-state index in [-0.39, 0.29) is 23.8 Å². The second-order valence-corrected chi connectivity index (χ2v) is 7.18. The van der Waals surface area contributed by atoms with Crippen molar-refractivity contribution in [1.29, 1.82) is 0 Å².